The van der Waals surface area contributed by atoms with Crippen molar-refractivity contribution in [2.24, 2.45) is 0 Å². The minimum atomic E-state index is 0.624. The maximum Gasteiger partial charge on any atom is 0.0868 e. The Kier molecular flexibility index (Phi) is 2.29. The monoisotopic (exact) mass is 165 g/mol. The van der Waals surface area contributed by atoms with E-state index in [1.165, 1.54) is 25.9 Å². The summed E-state index contributed by atoms with van der Waals surface area (Å²) in [6, 6.07) is 2.95. The first kappa shape index (κ1) is 8.03. The first-order valence-electron chi connectivity index (χ1n) is 4.73. The van der Waals surface area contributed by atoms with Crippen molar-refractivity contribution in [3.63, 3.8) is 0 Å². The summed E-state index contributed by atoms with van der Waals surface area (Å²) >= 11 is 0. The van der Waals surface area contributed by atoms with Gasteiger partial charge in [0.15, 0.2) is 0 Å². The van der Waals surface area contributed by atoms with E-state index in [0.717, 1.165) is 13.1 Å². The lowest BCUT2D eigenvalue weighted by Gasteiger charge is -2.29. The quantitative estimate of drug-likeness (QED) is 0.523. The molecule has 12 heavy (non-hydrogen) atoms. The van der Waals surface area contributed by atoms with E-state index in [1.54, 1.807) is 0 Å². The van der Waals surface area contributed by atoms with Crippen molar-refractivity contribution in [1.29, 1.82) is 5.26 Å². The second kappa shape index (κ2) is 3.42. The van der Waals surface area contributed by atoms with Gasteiger partial charge in [-0.05, 0) is 25.9 Å². The number of nitriles is 1. The molecule has 0 amide bonds. The molecule has 0 atom stereocenters. The molecule has 0 spiro atoms. The minimum Gasteiger partial charge on any atom is -0.302 e. The van der Waals surface area contributed by atoms with Crippen molar-refractivity contribution >= 4 is 0 Å². The largest absolute Gasteiger partial charge is 0.302 e. The van der Waals surface area contributed by atoms with Crippen LogP contribution in [-0.4, -0.2) is 48.6 Å². The summed E-state index contributed by atoms with van der Waals surface area (Å²) in [5.41, 5.74) is 0. The maximum absolute atomic E-state index is 8.63. The Balaban J connectivity index is 2.01. The zero-order valence-electron chi connectivity index (χ0n) is 7.37. The van der Waals surface area contributed by atoms with Crippen LogP contribution >= 0.6 is 0 Å². The summed E-state index contributed by atoms with van der Waals surface area (Å²) in [5, 5.41) is 8.63. The van der Waals surface area contributed by atoms with Crippen LogP contribution < -0.4 is 0 Å². The molecule has 0 radical (unpaired) electrons. The highest BCUT2D eigenvalue weighted by atomic mass is 15.3. The van der Waals surface area contributed by atoms with Crippen LogP contribution in [0.3, 0.4) is 0 Å². The van der Waals surface area contributed by atoms with Gasteiger partial charge in [-0.1, -0.05) is 0 Å². The van der Waals surface area contributed by atoms with E-state index in [0.29, 0.717) is 12.6 Å². The maximum atomic E-state index is 8.63. The Hall–Kier alpha value is -0.590. The molecule has 3 fully saturated rings. The number of hydrogen-bond donors (Lipinski definition) is 0. The lowest BCUT2D eigenvalue weighted by molar-refractivity contribution is 0.198. The van der Waals surface area contributed by atoms with E-state index in [1.807, 2.05) is 0 Å². The van der Waals surface area contributed by atoms with Crippen LogP contribution in [0.5, 0.6) is 0 Å². The fourth-order valence-electron chi connectivity index (χ4n) is 2.26. The first-order chi connectivity index (χ1) is 5.90. The third-order valence-electron chi connectivity index (χ3n) is 3.05. The van der Waals surface area contributed by atoms with Gasteiger partial charge in [-0.25, -0.2) is 0 Å². The fourth-order valence-corrected chi connectivity index (χ4v) is 2.26. The van der Waals surface area contributed by atoms with E-state index >= 15 is 0 Å². The topological polar surface area (TPSA) is 30.3 Å². The van der Waals surface area contributed by atoms with Gasteiger partial charge in [-0.3, -0.25) is 4.90 Å². The molecular formula is C9H15N3. The van der Waals surface area contributed by atoms with Crippen LogP contribution in [0.1, 0.15) is 12.8 Å². The molecule has 3 heteroatoms. The molecular weight excluding hydrogens is 150 g/mol. The van der Waals surface area contributed by atoms with Crippen LogP contribution in [0, 0.1) is 11.3 Å². The molecule has 3 aliphatic heterocycles. The van der Waals surface area contributed by atoms with Gasteiger partial charge < -0.3 is 4.90 Å². The second-order valence-corrected chi connectivity index (χ2v) is 3.70. The summed E-state index contributed by atoms with van der Waals surface area (Å²) in [6.07, 6.45) is 2.53. The Morgan fingerprint density at radius 2 is 1.92 bits per heavy atom. The lowest BCUT2D eigenvalue weighted by Crippen LogP contribution is -2.37. The zero-order chi connectivity index (χ0) is 8.39. The molecule has 2 bridgehead atoms. The molecule has 3 nitrogen and oxygen atoms in total. The smallest absolute Gasteiger partial charge is 0.0868 e. The van der Waals surface area contributed by atoms with E-state index in [2.05, 4.69) is 15.9 Å². The average molecular weight is 165 g/mol. The third kappa shape index (κ3) is 1.45. The highest BCUT2D eigenvalue weighted by molar-refractivity contribution is 4.89. The van der Waals surface area contributed by atoms with Crippen molar-refractivity contribution in [3.8, 4) is 6.07 Å². The zero-order valence-corrected chi connectivity index (χ0v) is 7.37. The molecule has 0 N–H and O–H groups in total. The van der Waals surface area contributed by atoms with Crippen molar-refractivity contribution < 1.29 is 0 Å². The van der Waals surface area contributed by atoms with Crippen molar-refractivity contribution in [3.05, 3.63) is 0 Å². The summed E-state index contributed by atoms with van der Waals surface area (Å²) < 4.78 is 0. The van der Waals surface area contributed by atoms with Gasteiger partial charge in [0.25, 0.3) is 0 Å². The van der Waals surface area contributed by atoms with Crippen molar-refractivity contribution in [2.45, 2.75) is 18.9 Å². The Morgan fingerprint density at radius 1 is 1.17 bits per heavy atom. The predicted molar refractivity (Wildman–Crippen MR) is 46.6 cm³/mol. The Bertz CT molecular complexity index is 188. The standard InChI is InChI=1S/C9H15N3/c10-3-6-12-8-7-11-4-1-9(12)2-5-11/h9H,1-2,4-8H2. The van der Waals surface area contributed by atoms with Gasteiger partial charge in [-0.2, -0.15) is 5.26 Å². The predicted octanol–water partition coefficient (Wildman–Crippen LogP) is 0.290. The second-order valence-electron chi connectivity index (χ2n) is 3.70. The number of hydrogen-bond acceptors (Lipinski definition) is 3. The molecule has 66 valence electrons. The van der Waals surface area contributed by atoms with Crippen molar-refractivity contribution in [2.75, 3.05) is 32.7 Å². The van der Waals surface area contributed by atoms with Crippen LogP contribution in [0.15, 0.2) is 0 Å². The van der Waals surface area contributed by atoms with E-state index in [-0.39, 0.29) is 0 Å². The molecule has 0 aromatic rings. The summed E-state index contributed by atoms with van der Waals surface area (Å²) in [6.45, 7) is 5.37. The van der Waals surface area contributed by atoms with E-state index in [4.69, 9.17) is 5.26 Å². The Labute approximate surface area is 73.6 Å². The number of fused-ring (bicyclic) bond motifs is 4. The molecule has 3 saturated heterocycles. The highest BCUT2D eigenvalue weighted by Gasteiger charge is 2.28. The SMILES string of the molecule is N#CCN1CCN2CCC1CC2. The summed E-state index contributed by atoms with van der Waals surface area (Å²) in [4.78, 5) is 4.85. The highest BCUT2D eigenvalue weighted by Crippen LogP contribution is 2.19. The average Bonchev–Trinajstić information content (AvgIpc) is 2.40. The van der Waals surface area contributed by atoms with Gasteiger partial charge >= 0.3 is 0 Å². The van der Waals surface area contributed by atoms with Crippen molar-refractivity contribution in [1.82, 2.24) is 9.80 Å². The number of rotatable bonds is 1. The van der Waals surface area contributed by atoms with E-state index < -0.39 is 0 Å². The Morgan fingerprint density at radius 3 is 2.58 bits per heavy atom. The third-order valence-corrected chi connectivity index (χ3v) is 3.05. The van der Waals surface area contributed by atoms with Crippen LogP contribution in [0.4, 0.5) is 0 Å². The van der Waals surface area contributed by atoms with Gasteiger partial charge in [0.2, 0.25) is 0 Å². The molecule has 0 saturated carbocycles. The molecule has 3 heterocycles. The summed E-state index contributed by atoms with van der Waals surface area (Å²) in [7, 11) is 0. The first-order valence-corrected chi connectivity index (χ1v) is 4.73. The van der Waals surface area contributed by atoms with Crippen LogP contribution in [0.25, 0.3) is 0 Å². The molecule has 0 aromatic carbocycles. The molecule has 3 rings (SSSR count). The van der Waals surface area contributed by atoms with Gasteiger partial charge in [-0.15, -0.1) is 0 Å². The lowest BCUT2D eigenvalue weighted by atomic mass is 10.1. The summed E-state index contributed by atoms with van der Waals surface area (Å²) in [5.74, 6) is 0. The van der Waals surface area contributed by atoms with Gasteiger partial charge in [0.1, 0.15) is 0 Å². The molecule has 3 aliphatic rings. The number of nitrogens with zero attached hydrogens (tertiary/aromatic N) is 3. The minimum absolute atomic E-state index is 0.624. The molecule has 0 unspecified atom stereocenters. The fraction of sp³-hybridized carbons (Fsp3) is 0.889. The van der Waals surface area contributed by atoms with Gasteiger partial charge in [0, 0.05) is 19.1 Å². The van der Waals surface area contributed by atoms with Crippen LogP contribution in [-0.2, 0) is 0 Å². The normalized spacial score (nSPS) is 35.9. The van der Waals surface area contributed by atoms with Crippen LogP contribution in [0.2, 0.25) is 0 Å². The molecule has 0 aromatic heterocycles. The molecule has 0 aliphatic carbocycles. The van der Waals surface area contributed by atoms with Gasteiger partial charge in [0.05, 0.1) is 12.6 Å². The van der Waals surface area contributed by atoms with E-state index in [9.17, 15) is 0 Å². The number of piperidine rings is 1.